The number of hydrogen-bond acceptors (Lipinski definition) is 2. The normalized spacial score (nSPS) is 23.1. The first-order valence-corrected chi connectivity index (χ1v) is 6.86. The van der Waals surface area contributed by atoms with Crippen LogP contribution in [0.15, 0.2) is 24.3 Å². The molecule has 0 bridgehead atoms. The van der Waals surface area contributed by atoms with Crippen molar-refractivity contribution in [3.05, 3.63) is 30.1 Å². The lowest BCUT2D eigenvalue weighted by molar-refractivity contribution is -0.128. The van der Waals surface area contributed by atoms with Gasteiger partial charge in [0, 0.05) is 13.1 Å². The number of amides is 1. The van der Waals surface area contributed by atoms with Crippen molar-refractivity contribution in [2.75, 3.05) is 24.5 Å². The maximum Gasteiger partial charge on any atom is 0.234 e. The van der Waals surface area contributed by atoms with E-state index in [9.17, 15) is 9.18 Å². The Bertz CT molecular complexity index is 455. The Morgan fingerprint density at radius 2 is 2.21 bits per heavy atom. The van der Waals surface area contributed by atoms with Gasteiger partial charge in [-0.05, 0) is 45.4 Å². The fraction of sp³-hybridized carbons (Fsp3) is 0.533. The number of carbonyl (C=O) groups is 1. The molecule has 1 aromatic carbocycles. The highest BCUT2D eigenvalue weighted by Crippen LogP contribution is 2.31. The minimum absolute atomic E-state index is 0.00676. The van der Waals surface area contributed by atoms with Gasteiger partial charge in [-0.2, -0.15) is 0 Å². The largest absolute Gasteiger partial charge is 0.316 e. The molecule has 1 aromatic rings. The highest BCUT2D eigenvalue weighted by atomic mass is 19.1. The van der Waals surface area contributed by atoms with Gasteiger partial charge in [0.05, 0.1) is 11.1 Å². The second-order valence-electron chi connectivity index (χ2n) is 5.34. The highest BCUT2D eigenvalue weighted by Gasteiger charge is 2.38. The van der Waals surface area contributed by atoms with Crippen LogP contribution in [0.1, 0.15) is 26.7 Å². The molecule has 1 fully saturated rings. The van der Waals surface area contributed by atoms with E-state index in [1.807, 2.05) is 13.8 Å². The first-order valence-electron chi connectivity index (χ1n) is 6.86. The van der Waals surface area contributed by atoms with Crippen LogP contribution >= 0.6 is 0 Å². The Kier molecular flexibility index (Phi) is 4.20. The Labute approximate surface area is 113 Å². The Morgan fingerprint density at radius 3 is 2.79 bits per heavy atom. The summed E-state index contributed by atoms with van der Waals surface area (Å²) in [5, 5.41) is 3.26. The summed E-state index contributed by atoms with van der Waals surface area (Å²) in [7, 11) is 0. The van der Waals surface area contributed by atoms with E-state index < -0.39 is 5.41 Å². The van der Waals surface area contributed by atoms with Crippen molar-refractivity contribution in [2.24, 2.45) is 5.41 Å². The Morgan fingerprint density at radius 1 is 1.47 bits per heavy atom. The fourth-order valence-electron chi connectivity index (χ4n) is 2.66. The summed E-state index contributed by atoms with van der Waals surface area (Å²) in [5.41, 5.74) is -0.0573. The van der Waals surface area contributed by atoms with Crippen LogP contribution in [0.5, 0.6) is 0 Å². The zero-order valence-electron chi connectivity index (χ0n) is 11.6. The van der Waals surface area contributed by atoms with Crippen LogP contribution in [0, 0.1) is 11.2 Å². The maximum atomic E-state index is 13.9. The molecule has 1 N–H and O–H groups in total. The molecule has 3 nitrogen and oxygen atoms in total. The van der Waals surface area contributed by atoms with Crippen LogP contribution in [-0.2, 0) is 4.79 Å². The van der Waals surface area contributed by atoms with Crippen LogP contribution in [0.3, 0.4) is 0 Å². The summed E-state index contributed by atoms with van der Waals surface area (Å²) in [4.78, 5) is 14.3. The zero-order chi connectivity index (χ0) is 13.9. The molecule has 1 aliphatic heterocycles. The number of halogens is 1. The summed E-state index contributed by atoms with van der Waals surface area (Å²) < 4.78 is 13.9. The molecule has 1 atom stereocenters. The number of nitrogens with one attached hydrogen (secondary N) is 1. The topological polar surface area (TPSA) is 32.3 Å². The van der Waals surface area contributed by atoms with Gasteiger partial charge in [-0.25, -0.2) is 4.39 Å². The maximum absolute atomic E-state index is 13.9. The minimum Gasteiger partial charge on any atom is -0.316 e. The van der Waals surface area contributed by atoms with Crippen molar-refractivity contribution in [2.45, 2.75) is 26.7 Å². The van der Waals surface area contributed by atoms with Gasteiger partial charge in [0.2, 0.25) is 5.91 Å². The number of benzene rings is 1. The molecule has 0 aliphatic carbocycles. The number of para-hydroxylation sites is 1. The molecule has 2 rings (SSSR count). The van der Waals surface area contributed by atoms with E-state index in [1.165, 1.54) is 6.07 Å². The van der Waals surface area contributed by atoms with Crippen LogP contribution in [0.4, 0.5) is 10.1 Å². The molecular formula is C15H21FN2O. The molecule has 1 amide bonds. The molecular weight excluding hydrogens is 243 g/mol. The summed E-state index contributed by atoms with van der Waals surface area (Å²) in [6.07, 6.45) is 1.83. The molecule has 0 saturated carbocycles. The van der Waals surface area contributed by atoms with Crippen LogP contribution in [-0.4, -0.2) is 25.5 Å². The minimum atomic E-state index is -0.434. The van der Waals surface area contributed by atoms with Gasteiger partial charge in [0.25, 0.3) is 0 Å². The van der Waals surface area contributed by atoms with Gasteiger partial charge in [-0.1, -0.05) is 12.1 Å². The summed E-state index contributed by atoms with van der Waals surface area (Å²) in [5.74, 6) is -0.336. The zero-order valence-corrected chi connectivity index (χ0v) is 11.6. The van der Waals surface area contributed by atoms with Crippen molar-refractivity contribution in [3.63, 3.8) is 0 Å². The molecule has 1 aliphatic rings. The molecule has 19 heavy (non-hydrogen) atoms. The number of rotatable bonds is 3. The monoisotopic (exact) mass is 264 g/mol. The first-order chi connectivity index (χ1) is 9.08. The van der Waals surface area contributed by atoms with Gasteiger partial charge < -0.3 is 10.2 Å². The van der Waals surface area contributed by atoms with E-state index in [2.05, 4.69) is 5.32 Å². The van der Waals surface area contributed by atoms with Gasteiger partial charge in [-0.3, -0.25) is 4.79 Å². The highest BCUT2D eigenvalue weighted by molar-refractivity contribution is 5.97. The second kappa shape index (κ2) is 5.70. The standard InChI is InChI=1S/C15H21FN2O/c1-3-18(13-8-5-4-7-12(13)16)14(19)15(2)9-6-10-17-11-15/h4-5,7-8,17H,3,6,9-11H2,1-2H3. The number of piperidine rings is 1. The van der Waals surface area contributed by atoms with E-state index >= 15 is 0 Å². The number of anilines is 1. The van der Waals surface area contributed by atoms with Crippen molar-refractivity contribution in [1.29, 1.82) is 0 Å². The van der Waals surface area contributed by atoms with E-state index in [0.29, 0.717) is 18.8 Å². The van der Waals surface area contributed by atoms with Gasteiger partial charge in [-0.15, -0.1) is 0 Å². The predicted molar refractivity (Wildman–Crippen MR) is 74.6 cm³/mol. The van der Waals surface area contributed by atoms with E-state index in [4.69, 9.17) is 0 Å². The van der Waals surface area contributed by atoms with Crippen molar-refractivity contribution in [1.82, 2.24) is 5.32 Å². The fourth-order valence-corrected chi connectivity index (χ4v) is 2.66. The predicted octanol–water partition coefficient (Wildman–Crippen LogP) is 2.57. The molecule has 0 radical (unpaired) electrons. The molecule has 4 heteroatoms. The lowest BCUT2D eigenvalue weighted by atomic mass is 9.81. The first kappa shape index (κ1) is 14.0. The van der Waals surface area contributed by atoms with Crippen LogP contribution in [0.25, 0.3) is 0 Å². The number of hydrogen-bond donors (Lipinski definition) is 1. The van der Waals surface area contributed by atoms with Gasteiger partial charge in [0.15, 0.2) is 0 Å². The average Bonchev–Trinajstić information content (AvgIpc) is 2.42. The SMILES string of the molecule is CCN(C(=O)C1(C)CCCNC1)c1ccccc1F. The summed E-state index contributed by atoms with van der Waals surface area (Å²) in [6.45, 7) is 5.94. The van der Waals surface area contributed by atoms with Crippen molar-refractivity contribution in [3.8, 4) is 0 Å². The smallest absolute Gasteiger partial charge is 0.234 e. The van der Waals surface area contributed by atoms with E-state index in [0.717, 1.165) is 19.4 Å². The Balaban J connectivity index is 2.27. The third-order valence-corrected chi connectivity index (χ3v) is 3.82. The molecule has 0 aromatic heterocycles. The quantitative estimate of drug-likeness (QED) is 0.910. The molecule has 1 saturated heterocycles. The van der Waals surface area contributed by atoms with Crippen molar-refractivity contribution < 1.29 is 9.18 Å². The van der Waals surface area contributed by atoms with Crippen molar-refractivity contribution >= 4 is 11.6 Å². The average molecular weight is 264 g/mol. The van der Waals surface area contributed by atoms with Crippen LogP contribution < -0.4 is 10.2 Å². The number of carbonyl (C=O) groups excluding carboxylic acids is 1. The molecule has 0 spiro atoms. The van der Waals surface area contributed by atoms with E-state index in [-0.39, 0.29) is 11.7 Å². The van der Waals surface area contributed by atoms with E-state index in [1.54, 1.807) is 23.1 Å². The summed E-state index contributed by atoms with van der Waals surface area (Å²) >= 11 is 0. The molecule has 1 unspecified atom stereocenters. The Hall–Kier alpha value is -1.42. The van der Waals surface area contributed by atoms with Gasteiger partial charge in [0.1, 0.15) is 5.82 Å². The third-order valence-electron chi connectivity index (χ3n) is 3.82. The second-order valence-corrected chi connectivity index (χ2v) is 5.34. The lowest BCUT2D eigenvalue weighted by Gasteiger charge is -2.37. The molecule has 104 valence electrons. The van der Waals surface area contributed by atoms with Gasteiger partial charge >= 0.3 is 0 Å². The molecule has 1 heterocycles. The van der Waals surface area contributed by atoms with Crippen LogP contribution in [0.2, 0.25) is 0 Å². The number of nitrogens with zero attached hydrogens (tertiary/aromatic N) is 1. The summed E-state index contributed by atoms with van der Waals surface area (Å²) in [6, 6.07) is 6.46. The third kappa shape index (κ3) is 2.78. The lowest BCUT2D eigenvalue weighted by Crippen LogP contribution is -2.50.